The van der Waals surface area contributed by atoms with E-state index in [0.29, 0.717) is 12.4 Å². The number of carboxylic acids is 1. The molecule has 0 heterocycles. The van der Waals surface area contributed by atoms with Crippen molar-refractivity contribution in [2.45, 2.75) is 20.3 Å². The van der Waals surface area contributed by atoms with Crippen LogP contribution in [0.25, 0.3) is 0 Å². The number of rotatable bonds is 11. The van der Waals surface area contributed by atoms with Crippen molar-refractivity contribution in [3.05, 3.63) is 29.8 Å². The summed E-state index contributed by atoms with van der Waals surface area (Å²) in [6.45, 7) is 9.92. The minimum absolute atomic E-state index is 0.250. The third-order valence-corrected chi connectivity index (χ3v) is 3.35. The van der Waals surface area contributed by atoms with Gasteiger partial charge >= 0.3 is 5.97 Å². The molecule has 0 aliphatic heterocycles. The first-order valence-electron chi connectivity index (χ1n) is 7.56. The largest absolute Gasteiger partial charge is 0.492 e. The third kappa shape index (κ3) is 7.11. The van der Waals surface area contributed by atoms with Crippen molar-refractivity contribution >= 4 is 5.97 Å². The van der Waals surface area contributed by atoms with Gasteiger partial charge in [0.25, 0.3) is 0 Å². The Balaban J connectivity index is 2.11. The summed E-state index contributed by atoms with van der Waals surface area (Å²) in [7, 11) is 0. The van der Waals surface area contributed by atoms with Crippen molar-refractivity contribution < 1.29 is 14.6 Å². The molecule has 21 heavy (non-hydrogen) atoms. The Kier molecular flexibility index (Phi) is 8.47. The lowest BCUT2D eigenvalue weighted by Crippen LogP contribution is -2.28. The molecule has 0 fully saturated rings. The minimum Gasteiger partial charge on any atom is -0.492 e. The standard InChI is InChI=1S/C16H26N2O3/c1-3-18(4-2)11-6-9-17-10-12-21-15-8-5-7-14(13-15)16(19)20/h5,7-8,13,17H,3-4,6,9-12H2,1-2H3,(H,19,20). The molecule has 0 saturated carbocycles. The van der Waals surface area contributed by atoms with Crippen molar-refractivity contribution in [1.82, 2.24) is 10.2 Å². The maximum absolute atomic E-state index is 10.8. The Morgan fingerprint density at radius 1 is 1.29 bits per heavy atom. The summed E-state index contributed by atoms with van der Waals surface area (Å²) in [6.07, 6.45) is 1.12. The Hall–Kier alpha value is -1.59. The average molecular weight is 294 g/mol. The third-order valence-electron chi connectivity index (χ3n) is 3.35. The number of carboxylic acid groups (broad SMARTS) is 1. The van der Waals surface area contributed by atoms with Crippen LogP contribution < -0.4 is 10.1 Å². The highest BCUT2D eigenvalue weighted by Gasteiger charge is 2.03. The zero-order valence-electron chi connectivity index (χ0n) is 13.0. The van der Waals surface area contributed by atoms with Gasteiger partial charge in [-0.1, -0.05) is 19.9 Å². The zero-order chi connectivity index (χ0) is 15.5. The predicted molar refractivity (Wildman–Crippen MR) is 84.2 cm³/mol. The zero-order valence-corrected chi connectivity index (χ0v) is 13.0. The van der Waals surface area contributed by atoms with Crippen LogP contribution in [-0.4, -0.2) is 55.3 Å². The van der Waals surface area contributed by atoms with E-state index in [1.165, 1.54) is 0 Å². The minimum atomic E-state index is -0.935. The number of nitrogens with one attached hydrogen (secondary N) is 1. The fourth-order valence-electron chi connectivity index (χ4n) is 2.05. The summed E-state index contributed by atoms with van der Waals surface area (Å²) in [5.74, 6) is -0.338. The molecule has 5 heteroatoms. The van der Waals surface area contributed by atoms with E-state index in [0.717, 1.165) is 39.1 Å². The Morgan fingerprint density at radius 2 is 2.05 bits per heavy atom. The molecule has 1 aromatic carbocycles. The number of hydrogen-bond donors (Lipinski definition) is 2. The highest BCUT2D eigenvalue weighted by Crippen LogP contribution is 2.12. The highest BCUT2D eigenvalue weighted by molar-refractivity contribution is 5.87. The van der Waals surface area contributed by atoms with Crippen molar-refractivity contribution in [1.29, 1.82) is 0 Å². The molecule has 5 nitrogen and oxygen atoms in total. The van der Waals surface area contributed by atoms with Crippen LogP contribution in [0.15, 0.2) is 24.3 Å². The van der Waals surface area contributed by atoms with Gasteiger partial charge in [0.2, 0.25) is 0 Å². The number of carbonyl (C=O) groups is 1. The van der Waals surface area contributed by atoms with Crippen LogP contribution in [-0.2, 0) is 0 Å². The molecule has 118 valence electrons. The number of nitrogens with zero attached hydrogens (tertiary/aromatic N) is 1. The summed E-state index contributed by atoms with van der Waals surface area (Å²) >= 11 is 0. The van der Waals surface area contributed by atoms with Gasteiger partial charge in [-0.2, -0.15) is 0 Å². The van der Waals surface area contributed by atoms with Crippen molar-refractivity contribution in [3.63, 3.8) is 0 Å². The quantitative estimate of drug-likeness (QED) is 0.612. The van der Waals surface area contributed by atoms with E-state index in [1.807, 2.05) is 0 Å². The molecule has 0 bridgehead atoms. The molecule has 2 N–H and O–H groups in total. The molecule has 0 atom stereocenters. The van der Waals surface area contributed by atoms with Crippen LogP contribution in [0.5, 0.6) is 5.75 Å². The Morgan fingerprint density at radius 3 is 2.71 bits per heavy atom. The second kappa shape index (κ2) is 10.2. The predicted octanol–water partition coefficient (Wildman–Crippen LogP) is 2.09. The van der Waals surface area contributed by atoms with E-state index in [2.05, 4.69) is 24.1 Å². The van der Waals surface area contributed by atoms with Crippen LogP contribution >= 0.6 is 0 Å². The number of benzene rings is 1. The Bertz CT molecular complexity index is 420. The van der Waals surface area contributed by atoms with Crippen LogP contribution in [0.1, 0.15) is 30.6 Å². The van der Waals surface area contributed by atoms with Gasteiger partial charge in [0.15, 0.2) is 0 Å². The van der Waals surface area contributed by atoms with E-state index < -0.39 is 5.97 Å². The number of hydrogen-bond acceptors (Lipinski definition) is 4. The fraction of sp³-hybridized carbons (Fsp3) is 0.562. The number of aromatic carboxylic acids is 1. The van der Waals surface area contributed by atoms with Gasteiger partial charge in [0.1, 0.15) is 12.4 Å². The van der Waals surface area contributed by atoms with Crippen LogP contribution in [0.3, 0.4) is 0 Å². The van der Waals surface area contributed by atoms with Crippen molar-refractivity contribution in [2.75, 3.05) is 39.3 Å². The lowest BCUT2D eigenvalue weighted by molar-refractivity contribution is 0.0696. The van der Waals surface area contributed by atoms with E-state index >= 15 is 0 Å². The summed E-state index contributed by atoms with van der Waals surface area (Å²) in [4.78, 5) is 13.2. The topological polar surface area (TPSA) is 61.8 Å². The molecule has 0 aliphatic rings. The molecule has 0 saturated heterocycles. The lowest BCUT2D eigenvalue weighted by atomic mass is 10.2. The highest BCUT2D eigenvalue weighted by atomic mass is 16.5. The van der Waals surface area contributed by atoms with E-state index in [1.54, 1.807) is 24.3 Å². The fourth-order valence-corrected chi connectivity index (χ4v) is 2.05. The maximum Gasteiger partial charge on any atom is 0.335 e. The molecule has 0 aliphatic carbocycles. The summed E-state index contributed by atoms with van der Waals surface area (Å²) in [5.41, 5.74) is 0.250. The molecule has 0 amide bonds. The Labute approximate surface area is 126 Å². The molecule has 0 unspecified atom stereocenters. The normalized spacial score (nSPS) is 10.8. The van der Waals surface area contributed by atoms with Gasteiger partial charge < -0.3 is 20.1 Å². The molecular formula is C16H26N2O3. The first-order valence-corrected chi connectivity index (χ1v) is 7.56. The second-order valence-electron chi connectivity index (χ2n) is 4.81. The van der Waals surface area contributed by atoms with Gasteiger partial charge in [-0.25, -0.2) is 4.79 Å². The van der Waals surface area contributed by atoms with Gasteiger partial charge in [0, 0.05) is 6.54 Å². The van der Waals surface area contributed by atoms with E-state index in [9.17, 15) is 4.79 Å². The molecule has 1 aromatic rings. The SMILES string of the molecule is CCN(CC)CCCNCCOc1cccc(C(=O)O)c1. The van der Waals surface area contributed by atoms with Gasteiger partial charge in [-0.05, 0) is 50.8 Å². The molecule has 0 radical (unpaired) electrons. The molecule has 0 aromatic heterocycles. The molecular weight excluding hydrogens is 268 g/mol. The molecule has 1 rings (SSSR count). The summed E-state index contributed by atoms with van der Waals surface area (Å²) in [6, 6.07) is 6.56. The average Bonchev–Trinajstić information content (AvgIpc) is 2.50. The maximum atomic E-state index is 10.8. The van der Waals surface area contributed by atoms with Crippen molar-refractivity contribution in [3.8, 4) is 5.75 Å². The van der Waals surface area contributed by atoms with Crippen LogP contribution in [0.4, 0.5) is 0 Å². The lowest BCUT2D eigenvalue weighted by Gasteiger charge is -2.17. The smallest absolute Gasteiger partial charge is 0.335 e. The van der Waals surface area contributed by atoms with Crippen molar-refractivity contribution in [2.24, 2.45) is 0 Å². The van der Waals surface area contributed by atoms with Crippen LogP contribution in [0.2, 0.25) is 0 Å². The van der Waals surface area contributed by atoms with E-state index in [-0.39, 0.29) is 5.56 Å². The monoisotopic (exact) mass is 294 g/mol. The van der Waals surface area contributed by atoms with Gasteiger partial charge in [-0.3, -0.25) is 0 Å². The van der Waals surface area contributed by atoms with E-state index in [4.69, 9.17) is 9.84 Å². The van der Waals surface area contributed by atoms with Gasteiger partial charge in [0.05, 0.1) is 5.56 Å². The second-order valence-corrected chi connectivity index (χ2v) is 4.81. The van der Waals surface area contributed by atoms with Crippen LogP contribution in [0, 0.1) is 0 Å². The summed E-state index contributed by atoms with van der Waals surface area (Å²) in [5, 5.41) is 12.2. The first-order chi connectivity index (χ1) is 10.2. The van der Waals surface area contributed by atoms with Gasteiger partial charge in [-0.15, -0.1) is 0 Å². The number of ether oxygens (including phenoxy) is 1. The first kappa shape index (κ1) is 17.5. The summed E-state index contributed by atoms with van der Waals surface area (Å²) < 4.78 is 5.53. The molecule has 0 spiro atoms.